The third kappa shape index (κ3) is 3.04. The van der Waals surface area contributed by atoms with Crippen LogP contribution in [-0.2, 0) is 13.0 Å². The Bertz CT molecular complexity index is 668. The molecular weight excluding hydrogens is 283 g/mol. The van der Waals surface area contributed by atoms with E-state index in [4.69, 9.17) is 10.2 Å². The maximum absolute atomic E-state index is 13.3. The Labute approximate surface area is 128 Å². The van der Waals surface area contributed by atoms with Crippen molar-refractivity contribution in [1.82, 2.24) is 4.90 Å². The number of hydrogen-bond donors (Lipinski definition) is 1. The van der Waals surface area contributed by atoms with Crippen LogP contribution in [0.5, 0.6) is 0 Å². The van der Waals surface area contributed by atoms with Gasteiger partial charge >= 0.3 is 0 Å². The number of carbonyl (C=O) groups is 1. The van der Waals surface area contributed by atoms with Crippen molar-refractivity contribution in [2.24, 2.45) is 5.73 Å². The monoisotopic (exact) mass is 302 g/mol. The molecule has 1 saturated heterocycles. The molecule has 0 saturated carbocycles. The summed E-state index contributed by atoms with van der Waals surface area (Å²) in [6.07, 6.45) is 2.54. The lowest BCUT2D eigenvalue weighted by Gasteiger charge is -2.24. The largest absolute Gasteiger partial charge is 0.455 e. The first-order chi connectivity index (χ1) is 10.7. The van der Waals surface area contributed by atoms with Gasteiger partial charge in [0.2, 0.25) is 0 Å². The van der Waals surface area contributed by atoms with Crippen molar-refractivity contribution in [3.8, 4) is 0 Å². The van der Waals surface area contributed by atoms with E-state index in [1.165, 1.54) is 12.1 Å². The van der Waals surface area contributed by atoms with Gasteiger partial charge in [-0.2, -0.15) is 0 Å². The molecule has 5 heteroatoms. The molecular formula is C17H19FN2O2. The van der Waals surface area contributed by atoms with Crippen LogP contribution in [0.4, 0.5) is 4.39 Å². The summed E-state index contributed by atoms with van der Waals surface area (Å²) in [5.41, 5.74) is 6.42. The first kappa shape index (κ1) is 14.8. The van der Waals surface area contributed by atoms with Crippen LogP contribution in [0.1, 0.15) is 34.7 Å². The van der Waals surface area contributed by atoms with Crippen molar-refractivity contribution < 1.29 is 13.6 Å². The molecule has 1 aliphatic heterocycles. The average Bonchev–Trinajstić information content (AvgIpc) is 3.15. The highest BCUT2D eigenvalue weighted by Crippen LogP contribution is 2.24. The zero-order valence-corrected chi connectivity index (χ0v) is 12.3. The molecule has 0 bridgehead atoms. The lowest BCUT2D eigenvalue weighted by atomic mass is 10.0. The Kier molecular flexibility index (Phi) is 4.24. The average molecular weight is 302 g/mol. The number of hydrogen-bond acceptors (Lipinski definition) is 3. The van der Waals surface area contributed by atoms with E-state index in [2.05, 4.69) is 0 Å². The van der Waals surface area contributed by atoms with Gasteiger partial charge in [0.25, 0.3) is 5.91 Å². The number of furan rings is 1. The summed E-state index contributed by atoms with van der Waals surface area (Å²) in [4.78, 5) is 14.4. The fraction of sp³-hybridized carbons (Fsp3) is 0.353. The third-order valence-electron chi connectivity index (χ3n) is 4.07. The molecule has 22 heavy (non-hydrogen) atoms. The van der Waals surface area contributed by atoms with Crippen molar-refractivity contribution in [3.05, 3.63) is 59.3 Å². The van der Waals surface area contributed by atoms with Gasteiger partial charge in [0.1, 0.15) is 11.6 Å². The molecule has 1 aromatic carbocycles. The fourth-order valence-electron chi connectivity index (χ4n) is 3.00. The van der Waals surface area contributed by atoms with Gasteiger partial charge in [0, 0.05) is 12.6 Å². The van der Waals surface area contributed by atoms with Gasteiger partial charge in [-0.3, -0.25) is 4.79 Å². The first-order valence-electron chi connectivity index (χ1n) is 7.51. The molecule has 3 rings (SSSR count). The molecule has 0 spiro atoms. The van der Waals surface area contributed by atoms with E-state index >= 15 is 0 Å². The van der Waals surface area contributed by atoms with Gasteiger partial charge in [-0.25, -0.2) is 4.39 Å². The number of halogens is 1. The predicted octanol–water partition coefficient (Wildman–Crippen LogP) is 2.72. The van der Waals surface area contributed by atoms with Crippen LogP contribution < -0.4 is 5.73 Å². The van der Waals surface area contributed by atoms with Crippen LogP contribution in [-0.4, -0.2) is 23.4 Å². The van der Waals surface area contributed by atoms with Gasteiger partial charge in [0.15, 0.2) is 5.76 Å². The molecule has 2 heterocycles. The molecule has 0 aliphatic carbocycles. The summed E-state index contributed by atoms with van der Waals surface area (Å²) < 4.78 is 18.7. The van der Waals surface area contributed by atoms with Crippen LogP contribution >= 0.6 is 0 Å². The van der Waals surface area contributed by atoms with Crippen LogP contribution in [0, 0.1) is 5.82 Å². The van der Waals surface area contributed by atoms with Gasteiger partial charge in [-0.15, -0.1) is 0 Å². The van der Waals surface area contributed by atoms with Crippen molar-refractivity contribution in [2.45, 2.75) is 31.8 Å². The van der Waals surface area contributed by atoms with Crippen molar-refractivity contribution in [3.63, 3.8) is 0 Å². The Morgan fingerprint density at radius 3 is 2.95 bits per heavy atom. The Balaban J connectivity index is 1.73. The summed E-state index contributed by atoms with van der Waals surface area (Å²) in [5, 5.41) is 0. The maximum Gasteiger partial charge on any atom is 0.289 e. The highest BCUT2D eigenvalue weighted by molar-refractivity contribution is 5.92. The van der Waals surface area contributed by atoms with Crippen LogP contribution in [0.25, 0.3) is 0 Å². The Hall–Kier alpha value is -2.14. The van der Waals surface area contributed by atoms with Gasteiger partial charge < -0.3 is 15.1 Å². The topological polar surface area (TPSA) is 59.5 Å². The number of likely N-dealkylation sites (tertiary alicyclic amines) is 1. The number of nitrogens with two attached hydrogens (primary N) is 1. The molecule has 2 aromatic rings. The molecule has 116 valence electrons. The van der Waals surface area contributed by atoms with E-state index in [0.29, 0.717) is 24.5 Å². The quantitative estimate of drug-likeness (QED) is 0.944. The van der Waals surface area contributed by atoms with E-state index in [1.807, 2.05) is 11.0 Å². The second-order valence-corrected chi connectivity index (χ2v) is 5.60. The predicted molar refractivity (Wildman–Crippen MR) is 80.8 cm³/mol. The summed E-state index contributed by atoms with van der Waals surface area (Å²) in [6, 6.07) is 10.0. The number of carbonyl (C=O) groups excluding carboxylic acids is 1. The zero-order valence-electron chi connectivity index (χ0n) is 12.3. The minimum atomic E-state index is -0.244. The molecule has 4 nitrogen and oxygen atoms in total. The number of nitrogens with zero attached hydrogens (tertiary/aromatic N) is 1. The molecule has 2 N–H and O–H groups in total. The van der Waals surface area contributed by atoms with Gasteiger partial charge in [0.05, 0.1) is 6.54 Å². The van der Waals surface area contributed by atoms with E-state index in [9.17, 15) is 9.18 Å². The molecule has 1 atom stereocenters. The highest BCUT2D eigenvalue weighted by Gasteiger charge is 2.31. The fourth-order valence-corrected chi connectivity index (χ4v) is 3.00. The maximum atomic E-state index is 13.3. The minimum Gasteiger partial charge on any atom is -0.455 e. The van der Waals surface area contributed by atoms with Crippen LogP contribution in [0.15, 0.2) is 40.8 Å². The lowest BCUT2D eigenvalue weighted by Crippen LogP contribution is -2.36. The molecule has 0 radical (unpaired) electrons. The highest BCUT2D eigenvalue weighted by atomic mass is 19.1. The molecule has 1 fully saturated rings. The summed E-state index contributed by atoms with van der Waals surface area (Å²) in [7, 11) is 0. The third-order valence-corrected chi connectivity index (χ3v) is 4.07. The molecule has 0 unspecified atom stereocenters. The number of amides is 1. The SMILES string of the molecule is NCc1ccc(C(=O)N2CCC[C@H]2Cc2cccc(F)c2)o1. The standard InChI is InChI=1S/C17H19FN2O2/c18-13-4-1-3-12(9-13)10-14-5-2-8-20(14)17(21)16-7-6-15(11-19)22-16/h1,3-4,6-7,9,14H,2,5,8,10-11,19H2/t14-/m0/s1. The Morgan fingerprint density at radius 1 is 1.36 bits per heavy atom. The molecule has 1 amide bonds. The summed E-state index contributed by atoms with van der Waals surface area (Å²) >= 11 is 0. The second-order valence-electron chi connectivity index (χ2n) is 5.60. The van der Waals surface area contributed by atoms with Crippen LogP contribution in [0.2, 0.25) is 0 Å². The number of rotatable bonds is 4. The van der Waals surface area contributed by atoms with E-state index in [-0.39, 0.29) is 24.3 Å². The first-order valence-corrected chi connectivity index (χ1v) is 7.51. The molecule has 1 aromatic heterocycles. The van der Waals surface area contributed by atoms with Crippen LogP contribution in [0.3, 0.4) is 0 Å². The lowest BCUT2D eigenvalue weighted by molar-refractivity contribution is 0.0702. The minimum absolute atomic E-state index is 0.0840. The van der Waals surface area contributed by atoms with Crippen molar-refractivity contribution >= 4 is 5.91 Å². The molecule has 1 aliphatic rings. The normalized spacial score (nSPS) is 17.9. The number of benzene rings is 1. The summed E-state index contributed by atoms with van der Waals surface area (Å²) in [5.74, 6) is 0.571. The van der Waals surface area contributed by atoms with E-state index in [1.54, 1.807) is 18.2 Å². The summed E-state index contributed by atoms with van der Waals surface area (Å²) in [6.45, 7) is 0.984. The van der Waals surface area contributed by atoms with Crippen molar-refractivity contribution in [2.75, 3.05) is 6.54 Å². The van der Waals surface area contributed by atoms with Gasteiger partial charge in [-0.05, 0) is 49.1 Å². The second kappa shape index (κ2) is 6.32. The van der Waals surface area contributed by atoms with E-state index in [0.717, 1.165) is 18.4 Å². The zero-order chi connectivity index (χ0) is 15.5. The smallest absolute Gasteiger partial charge is 0.289 e. The van der Waals surface area contributed by atoms with Gasteiger partial charge in [-0.1, -0.05) is 12.1 Å². The van der Waals surface area contributed by atoms with E-state index < -0.39 is 0 Å². The Morgan fingerprint density at radius 2 is 2.23 bits per heavy atom. The van der Waals surface area contributed by atoms with Crippen molar-refractivity contribution in [1.29, 1.82) is 0 Å².